The van der Waals surface area contributed by atoms with Crippen molar-refractivity contribution in [2.24, 2.45) is 0 Å². The molecule has 0 radical (unpaired) electrons. The molecule has 1 atom stereocenters. The molecule has 2 aliphatic heterocycles. The Morgan fingerprint density at radius 3 is 2.93 bits per heavy atom. The second kappa shape index (κ2) is 3.86. The summed E-state index contributed by atoms with van der Waals surface area (Å²) in [5.41, 5.74) is 2.88. The van der Waals surface area contributed by atoms with Crippen LogP contribution in [0.2, 0.25) is 0 Å². The maximum atomic E-state index is 3.48. The molecule has 2 nitrogen and oxygen atoms in total. The van der Waals surface area contributed by atoms with Gasteiger partial charge in [0.25, 0.3) is 0 Å². The first kappa shape index (κ1) is 9.22. The maximum Gasteiger partial charge on any atom is 0.0376 e. The van der Waals surface area contributed by atoms with Crippen LogP contribution in [0.4, 0.5) is 5.69 Å². The molecule has 1 unspecified atom stereocenters. The predicted octanol–water partition coefficient (Wildman–Crippen LogP) is 2.29. The minimum absolute atomic E-state index is 0.753. The van der Waals surface area contributed by atoms with Crippen LogP contribution < -0.4 is 5.32 Å². The lowest BCUT2D eigenvalue weighted by Crippen LogP contribution is -2.40. The SMILES string of the molecule is c1ccc2c(c1)NCCC2CN1CCC1. The van der Waals surface area contributed by atoms with E-state index >= 15 is 0 Å². The highest BCUT2D eigenvalue weighted by molar-refractivity contribution is 5.54. The lowest BCUT2D eigenvalue weighted by Gasteiger charge is -2.36. The number of benzene rings is 1. The van der Waals surface area contributed by atoms with Gasteiger partial charge in [-0.1, -0.05) is 18.2 Å². The number of hydrogen-bond donors (Lipinski definition) is 1. The van der Waals surface area contributed by atoms with E-state index < -0.39 is 0 Å². The molecule has 0 aromatic heterocycles. The minimum atomic E-state index is 0.753. The zero-order valence-corrected chi connectivity index (χ0v) is 9.08. The average Bonchev–Trinajstić information content (AvgIpc) is 2.23. The summed E-state index contributed by atoms with van der Waals surface area (Å²) in [6.45, 7) is 5.02. The van der Waals surface area contributed by atoms with Crippen molar-refractivity contribution in [1.29, 1.82) is 0 Å². The molecular formula is C13H18N2. The Kier molecular flexibility index (Phi) is 2.37. The molecule has 1 aromatic rings. The van der Waals surface area contributed by atoms with Crippen LogP contribution in [0.15, 0.2) is 24.3 Å². The zero-order chi connectivity index (χ0) is 10.1. The van der Waals surface area contributed by atoms with Gasteiger partial charge in [-0.05, 0) is 37.6 Å². The molecular weight excluding hydrogens is 184 g/mol. The fourth-order valence-corrected chi connectivity index (χ4v) is 2.62. The Hall–Kier alpha value is -1.02. The van der Waals surface area contributed by atoms with Gasteiger partial charge in [0.05, 0.1) is 0 Å². The van der Waals surface area contributed by atoms with Crippen molar-refractivity contribution in [3.63, 3.8) is 0 Å². The molecule has 2 heteroatoms. The monoisotopic (exact) mass is 202 g/mol. The molecule has 2 heterocycles. The van der Waals surface area contributed by atoms with E-state index in [2.05, 4.69) is 34.5 Å². The van der Waals surface area contributed by atoms with Gasteiger partial charge in [0.15, 0.2) is 0 Å². The molecule has 1 N–H and O–H groups in total. The quantitative estimate of drug-likeness (QED) is 0.791. The van der Waals surface area contributed by atoms with Crippen LogP contribution in [0.25, 0.3) is 0 Å². The van der Waals surface area contributed by atoms with Gasteiger partial charge in [-0.3, -0.25) is 0 Å². The Morgan fingerprint density at radius 2 is 2.13 bits per heavy atom. The number of nitrogens with zero attached hydrogens (tertiary/aromatic N) is 1. The van der Waals surface area contributed by atoms with Gasteiger partial charge in [0, 0.05) is 24.7 Å². The van der Waals surface area contributed by atoms with Gasteiger partial charge < -0.3 is 10.2 Å². The van der Waals surface area contributed by atoms with E-state index in [-0.39, 0.29) is 0 Å². The number of likely N-dealkylation sites (tertiary alicyclic amines) is 1. The van der Waals surface area contributed by atoms with Crippen molar-refractivity contribution >= 4 is 5.69 Å². The number of anilines is 1. The van der Waals surface area contributed by atoms with Crippen LogP contribution in [-0.2, 0) is 0 Å². The summed E-state index contributed by atoms with van der Waals surface area (Å²) in [6, 6.07) is 8.77. The number of hydrogen-bond acceptors (Lipinski definition) is 2. The van der Waals surface area contributed by atoms with E-state index in [9.17, 15) is 0 Å². The standard InChI is InChI=1S/C13H18N2/c1-2-5-13-12(4-1)11(6-7-14-13)10-15-8-3-9-15/h1-2,4-5,11,14H,3,6-10H2. The van der Waals surface area contributed by atoms with E-state index in [1.807, 2.05) is 0 Å². The van der Waals surface area contributed by atoms with Crippen molar-refractivity contribution in [3.8, 4) is 0 Å². The van der Waals surface area contributed by atoms with Crippen molar-refractivity contribution in [1.82, 2.24) is 4.90 Å². The molecule has 0 saturated carbocycles. The molecule has 0 bridgehead atoms. The number of nitrogens with one attached hydrogen (secondary N) is 1. The average molecular weight is 202 g/mol. The summed E-state index contributed by atoms with van der Waals surface area (Å²) in [4.78, 5) is 2.58. The molecule has 1 aromatic carbocycles. The van der Waals surface area contributed by atoms with E-state index in [1.165, 1.54) is 43.7 Å². The number of fused-ring (bicyclic) bond motifs is 1. The highest BCUT2D eigenvalue weighted by Gasteiger charge is 2.24. The highest BCUT2D eigenvalue weighted by Crippen LogP contribution is 2.32. The van der Waals surface area contributed by atoms with E-state index in [0.717, 1.165) is 12.5 Å². The normalized spacial score (nSPS) is 25.2. The molecule has 0 aliphatic carbocycles. The van der Waals surface area contributed by atoms with Crippen LogP contribution in [0.5, 0.6) is 0 Å². The molecule has 2 aliphatic rings. The zero-order valence-electron chi connectivity index (χ0n) is 9.08. The fourth-order valence-electron chi connectivity index (χ4n) is 2.62. The summed E-state index contributed by atoms with van der Waals surface area (Å²) in [6.07, 6.45) is 2.68. The van der Waals surface area contributed by atoms with Crippen LogP contribution >= 0.6 is 0 Å². The second-order valence-electron chi connectivity index (χ2n) is 4.65. The Balaban J connectivity index is 1.79. The molecule has 0 spiro atoms. The van der Waals surface area contributed by atoms with Gasteiger partial charge in [-0.15, -0.1) is 0 Å². The molecule has 80 valence electrons. The van der Waals surface area contributed by atoms with Crippen LogP contribution in [0, 0.1) is 0 Å². The molecule has 1 saturated heterocycles. The van der Waals surface area contributed by atoms with Gasteiger partial charge in [0.1, 0.15) is 0 Å². The fraction of sp³-hybridized carbons (Fsp3) is 0.538. The first-order valence-corrected chi connectivity index (χ1v) is 5.98. The van der Waals surface area contributed by atoms with Gasteiger partial charge >= 0.3 is 0 Å². The van der Waals surface area contributed by atoms with E-state index in [0.29, 0.717) is 0 Å². The third-order valence-electron chi connectivity index (χ3n) is 3.64. The van der Waals surface area contributed by atoms with Crippen molar-refractivity contribution in [3.05, 3.63) is 29.8 Å². The van der Waals surface area contributed by atoms with Gasteiger partial charge in [-0.2, -0.15) is 0 Å². The largest absolute Gasteiger partial charge is 0.385 e. The Labute approximate surface area is 91.3 Å². The Morgan fingerprint density at radius 1 is 1.27 bits per heavy atom. The lowest BCUT2D eigenvalue weighted by atomic mass is 9.90. The third-order valence-corrected chi connectivity index (χ3v) is 3.64. The first-order chi connectivity index (χ1) is 7.43. The van der Waals surface area contributed by atoms with Gasteiger partial charge in [-0.25, -0.2) is 0 Å². The summed E-state index contributed by atoms with van der Waals surface area (Å²) in [5, 5.41) is 3.48. The van der Waals surface area contributed by atoms with Crippen LogP contribution in [-0.4, -0.2) is 31.1 Å². The van der Waals surface area contributed by atoms with E-state index in [4.69, 9.17) is 0 Å². The van der Waals surface area contributed by atoms with Crippen LogP contribution in [0.1, 0.15) is 24.3 Å². The summed E-state index contributed by atoms with van der Waals surface area (Å²) in [5.74, 6) is 0.753. The van der Waals surface area contributed by atoms with Crippen molar-refractivity contribution < 1.29 is 0 Å². The molecule has 1 fully saturated rings. The predicted molar refractivity (Wildman–Crippen MR) is 63.3 cm³/mol. The Bertz CT molecular complexity index is 344. The van der Waals surface area contributed by atoms with Gasteiger partial charge in [0.2, 0.25) is 0 Å². The lowest BCUT2D eigenvalue weighted by molar-refractivity contribution is 0.167. The van der Waals surface area contributed by atoms with Crippen LogP contribution in [0.3, 0.4) is 0 Å². The summed E-state index contributed by atoms with van der Waals surface area (Å²) < 4.78 is 0. The first-order valence-electron chi connectivity index (χ1n) is 5.98. The second-order valence-corrected chi connectivity index (χ2v) is 4.65. The molecule has 3 rings (SSSR count). The maximum absolute atomic E-state index is 3.48. The summed E-state index contributed by atoms with van der Waals surface area (Å²) >= 11 is 0. The number of rotatable bonds is 2. The van der Waals surface area contributed by atoms with Crippen molar-refractivity contribution in [2.45, 2.75) is 18.8 Å². The molecule has 15 heavy (non-hydrogen) atoms. The number of para-hydroxylation sites is 1. The highest BCUT2D eigenvalue weighted by atomic mass is 15.2. The minimum Gasteiger partial charge on any atom is -0.385 e. The van der Waals surface area contributed by atoms with E-state index in [1.54, 1.807) is 0 Å². The smallest absolute Gasteiger partial charge is 0.0376 e. The third kappa shape index (κ3) is 1.74. The molecule has 0 amide bonds. The van der Waals surface area contributed by atoms with Crippen molar-refractivity contribution in [2.75, 3.05) is 31.5 Å². The topological polar surface area (TPSA) is 15.3 Å². The summed E-state index contributed by atoms with van der Waals surface area (Å²) in [7, 11) is 0.